The first-order valence-corrected chi connectivity index (χ1v) is 2.85. The number of nitrogens with one attached hydrogen (secondary N) is 1. The standard InChI is InChI=1S/C7H10N2/c1-2-7-5-6(8)3-4-9-7/h2-5,7,9H,1,8H2. The van der Waals surface area contributed by atoms with Crippen LogP contribution in [0.15, 0.2) is 36.7 Å². The van der Waals surface area contributed by atoms with E-state index in [0.29, 0.717) is 0 Å². The highest BCUT2D eigenvalue weighted by Gasteiger charge is 1.99. The zero-order chi connectivity index (χ0) is 6.69. The van der Waals surface area contributed by atoms with E-state index in [4.69, 9.17) is 5.73 Å². The molecule has 1 aliphatic rings. The maximum absolute atomic E-state index is 5.49. The minimum absolute atomic E-state index is 0.204. The summed E-state index contributed by atoms with van der Waals surface area (Å²) in [5.74, 6) is 0. The van der Waals surface area contributed by atoms with Crippen LogP contribution in [0.2, 0.25) is 0 Å². The Morgan fingerprint density at radius 2 is 2.56 bits per heavy atom. The summed E-state index contributed by atoms with van der Waals surface area (Å²) in [6.07, 6.45) is 7.35. The monoisotopic (exact) mass is 122 g/mol. The van der Waals surface area contributed by atoms with Gasteiger partial charge in [-0.15, -0.1) is 6.58 Å². The third-order valence-corrected chi connectivity index (χ3v) is 1.19. The third-order valence-electron chi connectivity index (χ3n) is 1.19. The Morgan fingerprint density at radius 3 is 3.00 bits per heavy atom. The van der Waals surface area contributed by atoms with E-state index in [2.05, 4.69) is 11.9 Å². The van der Waals surface area contributed by atoms with Crippen molar-refractivity contribution in [1.82, 2.24) is 5.32 Å². The van der Waals surface area contributed by atoms with Crippen molar-refractivity contribution >= 4 is 0 Å². The van der Waals surface area contributed by atoms with E-state index < -0.39 is 0 Å². The number of rotatable bonds is 1. The Morgan fingerprint density at radius 1 is 1.78 bits per heavy atom. The molecule has 2 heteroatoms. The topological polar surface area (TPSA) is 38.0 Å². The highest BCUT2D eigenvalue weighted by Crippen LogP contribution is 1.98. The summed E-state index contributed by atoms with van der Waals surface area (Å²) in [5.41, 5.74) is 6.28. The predicted molar refractivity (Wildman–Crippen MR) is 38.5 cm³/mol. The second-order valence-corrected chi connectivity index (χ2v) is 1.93. The van der Waals surface area contributed by atoms with Crippen molar-refractivity contribution in [3.05, 3.63) is 36.7 Å². The number of nitrogens with two attached hydrogens (primary N) is 1. The Bertz CT molecular complexity index is 168. The Kier molecular flexibility index (Phi) is 1.58. The van der Waals surface area contributed by atoms with E-state index in [1.54, 1.807) is 6.08 Å². The molecule has 0 radical (unpaired) electrons. The normalized spacial score (nSPS) is 24.4. The van der Waals surface area contributed by atoms with Crippen LogP contribution in [0.1, 0.15) is 0 Å². The molecular weight excluding hydrogens is 112 g/mol. The van der Waals surface area contributed by atoms with Gasteiger partial charge in [0.1, 0.15) is 0 Å². The fourth-order valence-electron chi connectivity index (χ4n) is 0.703. The Hall–Kier alpha value is -1.18. The van der Waals surface area contributed by atoms with Crippen molar-refractivity contribution in [2.24, 2.45) is 5.73 Å². The summed E-state index contributed by atoms with van der Waals surface area (Å²) < 4.78 is 0. The van der Waals surface area contributed by atoms with Crippen molar-refractivity contribution < 1.29 is 0 Å². The van der Waals surface area contributed by atoms with Crippen LogP contribution in [-0.2, 0) is 0 Å². The van der Waals surface area contributed by atoms with Gasteiger partial charge >= 0.3 is 0 Å². The summed E-state index contributed by atoms with van der Waals surface area (Å²) >= 11 is 0. The zero-order valence-electron chi connectivity index (χ0n) is 5.17. The molecule has 1 aliphatic heterocycles. The van der Waals surface area contributed by atoms with Gasteiger partial charge < -0.3 is 11.1 Å². The minimum atomic E-state index is 0.204. The van der Waals surface area contributed by atoms with Crippen LogP contribution in [0.4, 0.5) is 0 Å². The summed E-state index contributed by atoms with van der Waals surface area (Å²) in [5, 5.41) is 3.04. The predicted octanol–water partition coefficient (Wildman–Crippen LogP) is 0.501. The smallest absolute Gasteiger partial charge is 0.0643 e. The van der Waals surface area contributed by atoms with Gasteiger partial charge in [0.05, 0.1) is 6.04 Å². The lowest BCUT2D eigenvalue weighted by atomic mass is 10.2. The van der Waals surface area contributed by atoms with Crippen molar-refractivity contribution in [2.75, 3.05) is 0 Å². The first-order chi connectivity index (χ1) is 4.33. The molecule has 1 unspecified atom stereocenters. The SMILES string of the molecule is C=CC1C=C(N)C=CN1. The molecule has 0 aromatic carbocycles. The number of hydrogen-bond donors (Lipinski definition) is 2. The molecule has 48 valence electrons. The van der Waals surface area contributed by atoms with E-state index in [-0.39, 0.29) is 6.04 Å². The van der Waals surface area contributed by atoms with E-state index in [0.717, 1.165) is 5.70 Å². The molecule has 1 rings (SSSR count). The average molecular weight is 122 g/mol. The van der Waals surface area contributed by atoms with Crippen LogP contribution < -0.4 is 11.1 Å². The van der Waals surface area contributed by atoms with Crippen molar-refractivity contribution in [3.63, 3.8) is 0 Å². The van der Waals surface area contributed by atoms with Crippen LogP contribution in [0.5, 0.6) is 0 Å². The van der Waals surface area contributed by atoms with Gasteiger partial charge in [-0.3, -0.25) is 0 Å². The second kappa shape index (κ2) is 2.40. The fraction of sp³-hybridized carbons (Fsp3) is 0.143. The largest absolute Gasteiger partial charge is 0.399 e. The molecular formula is C7H10N2. The summed E-state index contributed by atoms with van der Waals surface area (Å²) in [4.78, 5) is 0. The molecule has 0 amide bonds. The van der Waals surface area contributed by atoms with Gasteiger partial charge in [0, 0.05) is 5.70 Å². The molecule has 0 saturated carbocycles. The zero-order valence-corrected chi connectivity index (χ0v) is 5.17. The molecule has 0 bridgehead atoms. The number of allylic oxidation sites excluding steroid dienone is 1. The maximum Gasteiger partial charge on any atom is 0.0643 e. The number of hydrogen-bond acceptors (Lipinski definition) is 2. The van der Waals surface area contributed by atoms with Crippen LogP contribution in [0.25, 0.3) is 0 Å². The molecule has 1 atom stereocenters. The molecule has 0 fully saturated rings. The lowest BCUT2D eigenvalue weighted by molar-refractivity contribution is 0.819. The second-order valence-electron chi connectivity index (χ2n) is 1.93. The third kappa shape index (κ3) is 1.35. The van der Waals surface area contributed by atoms with Crippen molar-refractivity contribution in [2.45, 2.75) is 6.04 Å². The Balaban J connectivity index is 2.65. The fourth-order valence-corrected chi connectivity index (χ4v) is 0.703. The van der Waals surface area contributed by atoms with Gasteiger partial charge in [-0.05, 0) is 18.4 Å². The number of dihydropyridines is 1. The van der Waals surface area contributed by atoms with Crippen molar-refractivity contribution in [3.8, 4) is 0 Å². The van der Waals surface area contributed by atoms with Gasteiger partial charge in [0.15, 0.2) is 0 Å². The molecule has 0 aromatic rings. The van der Waals surface area contributed by atoms with Gasteiger partial charge in [-0.1, -0.05) is 6.08 Å². The van der Waals surface area contributed by atoms with Gasteiger partial charge in [-0.25, -0.2) is 0 Å². The van der Waals surface area contributed by atoms with Gasteiger partial charge in [-0.2, -0.15) is 0 Å². The lowest BCUT2D eigenvalue weighted by Gasteiger charge is -2.12. The van der Waals surface area contributed by atoms with Crippen LogP contribution in [0.3, 0.4) is 0 Å². The summed E-state index contributed by atoms with van der Waals surface area (Å²) in [7, 11) is 0. The van der Waals surface area contributed by atoms with E-state index in [1.165, 1.54) is 0 Å². The maximum atomic E-state index is 5.49. The Labute approximate surface area is 54.7 Å². The van der Waals surface area contributed by atoms with E-state index in [1.807, 2.05) is 18.4 Å². The minimum Gasteiger partial charge on any atom is -0.399 e. The average Bonchev–Trinajstić information content (AvgIpc) is 1.88. The van der Waals surface area contributed by atoms with Crippen molar-refractivity contribution in [1.29, 1.82) is 0 Å². The van der Waals surface area contributed by atoms with E-state index in [9.17, 15) is 0 Å². The molecule has 0 spiro atoms. The lowest BCUT2D eigenvalue weighted by Crippen LogP contribution is -2.23. The summed E-state index contributed by atoms with van der Waals surface area (Å²) in [6, 6.07) is 0.204. The van der Waals surface area contributed by atoms with Gasteiger partial charge in [0.25, 0.3) is 0 Å². The highest BCUT2D eigenvalue weighted by atomic mass is 14.9. The first-order valence-electron chi connectivity index (χ1n) is 2.85. The molecule has 1 heterocycles. The van der Waals surface area contributed by atoms with Gasteiger partial charge in [0.2, 0.25) is 0 Å². The summed E-state index contributed by atoms with van der Waals surface area (Å²) in [6.45, 7) is 3.62. The quantitative estimate of drug-likeness (QED) is 0.497. The van der Waals surface area contributed by atoms with E-state index >= 15 is 0 Å². The van der Waals surface area contributed by atoms with Crippen LogP contribution in [-0.4, -0.2) is 6.04 Å². The molecule has 9 heavy (non-hydrogen) atoms. The molecule has 0 aromatic heterocycles. The molecule has 0 saturated heterocycles. The van der Waals surface area contributed by atoms with Crippen LogP contribution in [0, 0.1) is 0 Å². The highest BCUT2D eigenvalue weighted by molar-refractivity contribution is 5.24. The molecule has 2 nitrogen and oxygen atoms in total. The molecule has 0 aliphatic carbocycles. The molecule has 3 N–H and O–H groups in total. The van der Waals surface area contributed by atoms with Crippen LogP contribution >= 0.6 is 0 Å². The first kappa shape index (κ1) is 5.95.